The highest BCUT2D eigenvalue weighted by molar-refractivity contribution is 7.80. The van der Waals surface area contributed by atoms with Gasteiger partial charge in [-0.25, -0.2) is 0 Å². The van der Waals surface area contributed by atoms with E-state index in [4.69, 9.17) is 12.2 Å². The van der Waals surface area contributed by atoms with Crippen LogP contribution in [-0.4, -0.2) is 17.4 Å². The van der Waals surface area contributed by atoms with Gasteiger partial charge < -0.3 is 5.32 Å². The first kappa shape index (κ1) is 16.2. The van der Waals surface area contributed by atoms with E-state index < -0.39 is 11.7 Å². The van der Waals surface area contributed by atoms with Gasteiger partial charge in [-0.05, 0) is 36.8 Å². The first-order valence-electron chi connectivity index (χ1n) is 5.71. The van der Waals surface area contributed by atoms with Crippen molar-refractivity contribution in [3.8, 4) is 0 Å². The summed E-state index contributed by atoms with van der Waals surface area (Å²) < 4.78 is 37.8. The molecular formula is C13H14F3N3S. The molecule has 0 bridgehead atoms. The molecule has 0 radical (unpaired) electrons. The fraction of sp³-hybridized carbons (Fsp3) is 0.231. The smallest absolute Gasteiger partial charge is 0.358 e. The molecule has 0 spiro atoms. The van der Waals surface area contributed by atoms with Gasteiger partial charge in [-0.3, -0.25) is 5.43 Å². The minimum atomic E-state index is -4.37. The molecule has 0 atom stereocenters. The van der Waals surface area contributed by atoms with Crippen LogP contribution in [0.4, 0.5) is 13.2 Å². The van der Waals surface area contributed by atoms with Crippen molar-refractivity contribution >= 4 is 23.0 Å². The van der Waals surface area contributed by atoms with Gasteiger partial charge in [0.05, 0.1) is 11.3 Å². The van der Waals surface area contributed by atoms with Crippen molar-refractivity contribution in [3.05, 3.63) is 48.0 Å². The molecule has 3 nitrogen and oxygen atoms in total. The van der Waals surface area contributed by atoms with Crippen molar-refractivity contribution in [3.63, 3.8) is 0 Å². The molecule has 0 saturated heterocycles. The van der Waals surface area contributed by atoms with Crippen molar-refractivity contribution in [1.82, 2.24) is 10.7 Å². The maximum Gasteiger partial charge on any atom is 0.416 e. The summed E-state index contributed by atoms with van der Waals surface area (Å²) in [7, 11) is 0. The predicted molar refractivity (Wildman–Crippen MR) is 77.6 cm³/mol. The van der Waals surface area contributed by atoms with Gasteiger partial charge in [-0.1, -0.05) is 18.2 Å². The van der Waals surface area contributed by atoms with Crippen LogP contribution < -0.4 is 10.7 Å². The van der Waals surface area contributed by atoms with Crippen LogP contribution in [0.2, 0.25) is 0 Å². The Kier molecular flexibility index (Phi) is 5.69. The predicted octanol–water partition coefficient (Wildman–Crippen LogP) is 3.08. The average molecular weight is 301 g/mol. The van der Waals surface area contributed by atoms with E-state index >= 15 is 0 Å². The third-order valence-corrected chi connectivity index (χ3v) is 2.58. The van der Waals surface area contributed by atoms with Crippen LogP contribution in [0.25, 0.3) is 0 Å². The molecule has 0 aliphatic heterocycles. The van der Waals surface area contributed by atoms with E-state index in [1.54, 1.807) is 19.1 Å². The monoisotopic (exact) mass is 301 g/mol. The Morgan fingerprint density at radius 2 is 2.15 bits per heavy atom. The SMILES string of the molecule is C=CCNC(=S)NN=C(C)c1cccc(C(F)(F)F)c1. The number of hydrogen-bond acceptors (Lipinski definition) is 2. The molecule has 7 heteroatoms. The number of halogens is 3. The third-order valence-electron chi connectivity index (χ3n) is 2.34. The second-order valence-electron chi connectivity index (χ2n) is 3.89. The molecule has 20 heavy (non-hydrogen) atoms. The number of rotatable bonds is 4. The Bertz CT molecular complexity index is 524. The van der Waals surface area contributed by atoms with Crippen molar-refractivity contribution in [1.29, 1.82) is 0 Å². The van der Waals surface area contributed by atoms with Crippen molar-refractivity contribution in [2.45, 2.75) is 13.1 Å². The Morgan fingerprint density at radius 3 is 2.75 bits per heavy atom. The lowest BCUT2D eigenvalue weighted by Gasteiger charge is -2.09. The van der Waals surface area contributed by atoms with E-state index in [-0.39, 0.29) is 5.11 Å². The summed E-state index contributed by atoms with van der Waals surface area (Å²) in [5, 5.41) is 7.00. The molecule has 0 heterocycles. The van der Waals surface area contributed by atoms with E-state index in [1.165, 1.54) is 6.07 Å². The average Bonchev–Trinajstić information content (AvgIpc) is 2.41. The maximum absolute atomic E-state index is 12.6. The largest absolute Gasteiger partial charge is 0.416 e. The number of thiocarbonyl (C=S) groups is 1. The van der Waals surface area contributed by atoms with Gasteiger partial charge in [0.15, 0.2) is 5.11 Å². The Balaban J connectivity index is 2.79. The summed E-state index contributed by atoms with van der Waals surface area (Å²) in [6.07, 6.45) is -2.75. The minimum absolute atomic E-state index is 0.274. The van der Waals surface area contributed by atoms with E-state index in [9.17, 15) is 13.2 Å². The van der Waals surface area contributed by atoms with Gasteiger partial charge in [0.25, 0.3) is 0 Å². The van der Waals surface area contributed by atoms with Crippen molar-refractivity contribution < 1.29 is 13.2 Å². The molecule has 1 rings (SSSR count). The first-order chi connectivity index (χ1) is 9.34. The summed E-state index contributed by atoms with van der Waals surface area (Å²) in [4.78, 5) is 0. The number of alkyl halides is 3. The van der Waals surface area contributed by atoms with Crippen LogP contribution in [0, 0.1) is 0 Å². The topological polar surface area (TPSA) is 36.4 Å². The second-order valence-corrected chi connectivity index (χ2v) is 4.29. The lowest BCUT2D eigenvalue weighted by atomic mass is 10.1. The van der Waals surface area contributed by atoms with Gasteiger partial charge in [0.1, 0.15) is 0 Å². The molecule has 1 aromatic carbocycles. The van der Waals surface area contributed by atoms with Gasteiger partial charge in [0.2, 0.25) is 0 Å². The molecule has 108 valence electrons. The molecule has 0 amide bonds. The summed E-state index contributed by atoms with van der Waals surface area (Å²) in [6, 6.07) is 4.95. The Labute approximate surface area is 120 Å². The quantitative estimate of drug-likeness (QED) is 0.388. The lowest BCUT2D eigenvalue weighted by molar-refractivity contribution is -0.137. The Hall–Kier alpha value is -1.89. The maximum atomic E-state index is 12.6. The molecule has 0 aromatic heterocycles. The molecule has 0 saturated carbocycles. The fourth-order valence-electron chi connectivity index (χ4n) is 1.32. The zero-order valence-corrected chi connectivity index (χ0v) is 11.6. The molecule has 0 aliphatic rings. The minimum Gasteiger partial charge on any atom is -0.358 e. The molecular weight excluding hydrogens is 287 g/mol. The van der Waals surface area contributed by atoms with E-state index in [0.29, 0.717) is 17.8 Å². The molecule has 0 unspecified atom stereocenters. The number of benzene rings is 1. The van der Waals surface area contributed by atoms with Crippen molar-refractivity contribution in [2.75, 3.05) is 6.54 Å². The van der Waals surface area contributed by atoms with Crippen LogP contribution in [-0.2, 0) is 6.18 Å². The number of nitrogens with zero attached hydrogens (tertiary/aromatic N) is 1. The highest BCUT2D eigenvalue weighted by atomic mass is 32.1. The summed E-state index contributed by atoms with van der Waals surface area (Å²) in [6.45, 7) is 5.59. The highest BCUT2D eigenvalue weighted by Gasteiger charge is 2.30. The molecule has 0 fully saturated rings. The van der Waals surface area contributed by atoms with E-state index in [2.05, 4.69) is 22.4 Å². The van der Waals surface area contributed by atoms with E-state index in [0.717, 1.165) is 12.1 Å². The number of hydrogen-bond donors (Lipinski definition) is 2. The zero-order valence-electron chi connectivity index (χ0n) is 10.8. The van der Waals surface area contributed by atoms with Crippen LogP contribution in [0.15, 0.2) is 42.0 Å². The number of nitrogens with one attached hydrogen (secondary N) is 2. The van der Waals surface area contributed by atoms with Crippen LogP contribution in [0.3, 0.4) is 0 Å². The van der Waals surface area contributed by atoms with Crippen LogP contribution in [0.1, 0.15) is 18.1 Å². The van der Waals surface area contributed by atoms with Gasteiger partial charge >= 0.3 is 6.18 Å². The molecule has 1 aromatic rings. The standard InChI is InChI=1S/C13H14F3N3S/c1-3-7-17-12(20)19-18-9(2)10-5-4-6-11(8-10)13(14,15)16/h3-6,8H,1,7H2,2H3,(H2,17,19,20). The summed E-state index contributed by atoms with van der Waals surface area (Å²) in [5.41, 5.74) is 2.62. The summed E-state index contributed by atoms with van der Waals surface area (Å²) >= 11 is 4.92. The van der Waals surface area contributed by atoms with Gasteiger partial charge in [0, 0.05) is 6.54 Å². The summed E-state index contributed by atoms with van der Waals surface area (Å²) in [5.74, 6) is 0. The third kappa shape index (κ3) is 5.00. The van der Waals surface area contributed by atoms with Crippen molar-refractivity contribution in [2.24, 2.45) is 5.10 Å². The Morgan fingerprint density at radius 1 is 1.45 bits per heavy atom. The zero-order chi connectivity index (χ0) is 15.2. The van der Waals surface area contributed by atoms with E-state index in [1.807, 2.05) is 0 Å². The first-order valence-corrected chi connectivity index (χ1v) is 6.12. The molecule has 0 aliphatic carbocycles. The van der Waals surface area contributed by atoms with Gasteiger partial charge in [-0.2, -0.15) is 18.3 Å². The number of hydrazone groups is 1. The normalized spacial score (nSPS) is 11.9. The lowest BCUT2D eigenvalue weighted by Crippen LogP contribution is -2.32. The van der Waals surface area contributed by atoms with Crippen LogP contribution >= 0.6 is 12.2 Å². The second kappa shape index (κ2) is 7.04. The van der Waals surface area contributed by atoms with Crippen LogP contribution in [0.5, 0.6) is 0 Å². The van der Waals surface area contributed by atoms with Gasteiger partial charge in [-0.15, -0.1) is 6.58 Å². The highest BCUT2D eigenvalue weighted by Crippen LogP contribution is 2.29. The molecule has 2 N–H and O–H groups in total. The fourth-order valence-corrected chi connectivity index (χ4v) is 1.45.